The van der Waals surface area contributed by atoms with E-state index in [1.165, 1.54) is 12.1 Å². The molecule has 0 unspecified atom stereocenters. The number of hydrogen-bond donors (Lipinski definition) is 1. The summed E-state index contributed by atoms with van der Waals surface area (Å²) in [5, 5.41) is 7.45. The highest BCUT2D eigenvalue weighted by Gasteiger charge is 2.13. The standard InChI is InChI=1S/C15H18BrF2N3/c1-10(2)5-19-6-11-7-20-21(8-11)9-12-14(17)4-3-13(16)15(12)18/h3-4,7-8,10,19H,5-6,9H2,1-2H3. The summed E-state index contributed by atoms with van der Waals surface area (Å²) in [5.74, 6) is -0.569. The lowest BCUT2D eigenvalue weighted by Gasteiger charge is -2.07. The maximum absolute atomic E-state index is 13.9. The van der Waals surface area contributed by atoms with Gasteiger partial charge in [-0.05, 0) is 40.5 Å². The Morgan fingerprint density at radius 1 is 1.33 bits per heavy atom. The van der Waals surface area contributed by atoms with E-state index in [0.29, 0.717) is 12.5 Å². The van der Waals surface area contributed by atoms with Crippen molar-refractivity contribution in [1.82, 2.24) is 15.1 Å². The van der Waals surface area contributed by atoms with E-state index in [4.69, 9.17) is 0 Å². The molecular weight excluding hydrogens is 340 g/mol. The van der Waals surface area contributed by atoms with Crippen molar-refractivity contribution in [3.05, 3.63) is 51.8 Å². The summed E-state index contributed by atoms with van der Waals surface area (Å²) in [4.78, 5) is 0. The predicted molar refractivity (Wildman–Crippen MR) is 81.9 cm³/mol. The van der Waals surface area contributed by atoms with Gasteiger partial charge in [-0.15, -0.1) is 0 Å². The van der Waals surface area contributed by atoms with Crippen molar-refractivity contribution in [2.24, 2.45) is 5.92 Å². The van der Waals surface area contributed by atoms with Crippen LogP contribution in [0.5, 0.6) is 0 Å². The van der Waals surface area contributed by atoms with Crippen LogP contribution in [0.1, 0.15) is 25.0 Å². The molecule has 0 spiro atoms. The van der Waals surface area contributed by atoms with Crippen LogP contribution in [0.4, 0.5) is 8.78 Å². The zero-order chi connectivity index (χ0) is 15.4. The van der Waals surface area contributed by atoms with Crippen molar-refractivity contribution in [1.29, 1.82) is 0 Å². The fourth-order valence-electron chi connectivity index (χ4n) is 1.97. The molecule has 0 aliphatic heterocycles. The second kappa shape index (κ2) is 7.13. The Morgan fingerprint density at radius 2 is 2.10 bits per heavy atom. The first-order valence-electron chi connectivity index (χ1n) is 6.81. The van der Waals surface area contributed by atoms with Crippen LogP contribution < -0.4 is 5.32 Å². The molecule has 0 radical (unpaired) electrons. The van der Waals surface area contributed by atoms with Gasteiger partial charge in [0.15, 0.2) is 0 Å². The van der Waals surface area contributed by atoms with Crippen LogP contribution in [-0.4, -0.2) is 16.3 Å². The van der Waals surface area contributed by atoms with Crippen molar-refractivity contribution in [3.63, 3.8) is 0 Å². The molecule has 2 aromatic rings. The highest BCUT2D eigenvalue weighted by atomic mass is 79.9. The van der Waals surface area contributed by atoms with E-state index in [2.05, 4.69) is 40.2 Å². The molecule has 1 aromatic heterocycles. The van der Waals surface area contributed by atoms with Crippen LogP contribution >= 0.6 is 15.9 Å². The molecule has 0 fully saturated rings. The molecule has 6 heteroatoms. The molecule has 114 valence electrons. The van der Waals surface area contributed by atoms with Gasteiger partial charge in [0.1, 0.15) is 11.6 Å². The molecule has 3 nitrogen and oxygen atoms in total. The van der Waals surface area contributed by atoms with Crippen LogP contribution in [0, 0.1) is 17.6 Å². The molecule has 0 saturated carbocycles. The van der Waals surface area contributed by atoms with Gasteiger partial charge >= 0.3 is 0 Å². The number of rotatable bonds is 6. The quantitative estimate of drug-likeness (QED) is 0.798. The van der Waals surface area contributed by atoms with Gasteiger partial charge in [-0.3, -0.25) is 4.68 Å². The Morgan fingerprint density at radius 3 is 2.81 bits per heavy atom. The molecule has 0 saturated heterocycles. The van der Waals surface area contributed by atoms with E-state index in [1.54, 1.807) is 17.1 Å². The molecule has 2 rings (SSSR count). The van der Waals surface area contributed by atoms with Gasteiger partial charge in [-0.25, -0.2) is 8.78 Å². The third-order valence-electron chi connectivity index (χ3n) is 3.03. The van der Waals surface area contributed by atoms with Crippen LogP contribution in [0.3, 0.4) is 0 Å². The van der Waals surface area contributed by atoms with E-state index in [1.807, 2.05) is 0 Å². The maximum atomic E-state index is 13.9. The molecule has 0 bridgehead atoms. The summed E-state index contributed by atoms with van der Waals surface area (Å²) in [6.07, 6.45) is 3.51. The average Bonchev–Trinajstić information content (AvgIpc) is 2.86. The highest BCUT2D eigenvalue weighted by molar-refractivity contribution is 9.10. The maximum Gasteiger partial charge on any atom is 0.145 e. The number of hydrogen-bond acceptors (Lipinski definition) is 2. The van der Waals surface area contributed by atoms with Crippen molar-refractivity contribution in [2.75, 3.05) is 6.54 Å². The zero-order valence-corrected chi connectivity index (χ0v) is 13.6. The van der Waals surface area contributed by atoms with Crippen LogP contribution in [-0.2, 0) is 13.1 Å². The Hall–Kier alpha value is -1.27. The smallest absolute Gasteiger partial charge is 0.145 e. The number of nitrogens with one attached hydrogen (secondary N) is 1. The van der Waals surface area contributed by atoms with Gasteiger partial charge in [-0.2, -0.15) is 5.10 Å². The van der Waals surface area contributed by atoms with Crippen molar-refractivity contribution in [2.45, 2.75) is 26.9 Å². The van der Waals surface area contributed by atoms with Gasteiger partial charge in [0, 0.05) is 23.9 Å². The van der Waals surface area contributed by atoms with Crippen molar-refractivity contribution >= 4 is 15.9 Å². The van der Waals surface area contributed by atoms with Crippen LogP contribution in [0.15, 0.2) is 29.0 Å². The van der Waals surface area contributed by atoms with Gasteiger partial charge in [0.25, 0.3) is 0 Å². The van der Waals surface area contributed by atoms with Gasteiger partial charge in [-0.1, -0.05) is 13.8 Å². The summed E-state index contributed by atoms with van der Waals surface area (Å²) >= 11 is 3.07. The lowest BCUT2D eigenvalue weighted by atomic mass is 10.2. The molecule has 21 heavy (non-hydrogen) atoms. The number of aromatic nitrogens is 2. The van der Waals surface area contributed by atoms with Gasteiger partial charge in [0.05, 0.1) is 17.2 Å². The second-order valence-corrected chi connectivity index (χ2v) is 6.25. The number of halogens is 3. The first-order valence-corrected chi connectivity index (χ1v) is 7.61. The normalized spacial score (nSPS) is 11.3. The minimum Gasteiger partial charge on any atom is -0.312 e. The fourth-order valence-corrected chi connectivity index (χ4v) is 2.34. The number of benzene rings is 1. The SMILES string of the molecule is CC(C)CNCc1cnn(Cc2c(F)ccc(Br)c2F)c1. The minimum absolute atomic E-state index is 0.00849. The summed E-state index contributed by atoms with van der Waals surface area (Å²) in [6.45, 7) is 5.95. The molecule has 1 aromatic carbocycles. The Labute approximate surface area is 131 Å². The third-order valence-corrected chi connectivity index (χ3v) is 3.64. The minimum atomic E-state index is -0.579. The van der Waals surface area contributed by atoms with Gasteiger partial charge in [0.2, 0.25) is 0 Å². The topological polar surface area (TPSA) is 29.9 Å². The molecular formula is C15H18BrF2N3. The number of nitrogens with zero attached hydrogens (tertiary/aromatic N) is 2. The fraction of sp³-hybridized carbons (Fsp3) is 0.400. The van der Waals surface area contributed by atoms with Crippen molar-refractivity contribution < 1.29 is 8.78 Å². The summed E-state index contributed by atoms with van der Waals surface area (Å²) < 4.78 is 29.4. The molecule has 0 aliphatic rings. The molecule has 0 atom stereocenters. The Balaban J connectivity index is 2.04. The lowest BCUT2D eigenvalue weighted by Crippen LogP contribution is -2.18. The Bertz CT molecular complexity index is 611. The van der Waals surface area contributed by atoms with Gasteiger partial charge < -0.3 is 5.32 Å². The zero-order valence-electron chi connectivity index (χ0n) is 12.0. The van der Waals surface area contributed by atoms with Crippen molar-refractivity contribution in [3.8, 4) is 0 Å². The monoisotopic (exact) mass is 357 g/mol. The van der Waals surface area contributed by atoms with E-state index in [9.17, 15) is 8.78 Å². The second-order valence-electron chi connectivity index (χ2n) is 5.39. The molecule has 1 heterocycles. The average molecular weight is 358 g/mol. The predicted octanol–water partition coefficient (Wildman–Crippen LogP) is 3.72. The summed E-state index contributed by atoms with van der Waals surface area (Å²) in [5.41, 5.74) is 1.00. The van der Waals surface area contributed by atoms with E-state index < -0.39 is 11.6 Å². The molecule has 0 aliphatic carbocycles. The molecule has 1 N–H and O–H groups in total. The largest absolute Gasteiger partial charge is 0.312 e. The van der Waals surface area contributed by atoms with Crippen LogP contribution in [0.25, 0.3) is 0 Å². The Kier molecular flexibility index (Phi) is 5.47. The third kappa shape index (κ3) is 4.35. The summed E-state index contributed by atoms with van der Waals surface area (Å²) in [6, 6.07) is 2.61. The van der Waals surface area contributed by atoms with E-state index in [0.717, 1.165) is 12.1 Å². The summed E-state index contributed by atoms with van der Waals surface area (Å²) in [7, 11) is 0. The molecule has 0 amide bonds. The highest BCUT2D eigenvalue weighted by Crippen LogP contribution is 2.22. The first-order chi connectivity index (χ1) is 9.97. The van der Waals surface area contributed by atoms with E-state index in [-0.39, 0.29) is 16.6 Å². The lowest BCUT2D eigenvalue weighted by molar-refractivity contribution is 0.528. The first kappa shape index (κ1) is 16.1. The van der Waals surface area contributed by atoms with Crippen LogP contribution in [0.2, 0.25) is 0 Å². The van der Waals surface area contributed by atoms with E-state index >= 15 is 0 Å².